The van der Waals surface area contributed by atoms with Crippen LogP contribution in [0, 0.1) is 0 Å². The third-order valence-corrected chi connectivity index (χ3v) is 6.38. The van der Waals surface area contributed by atoms with Crippen molar-refractivity contribution in [3.05, 3.63) is 22.8 Å². The molecule has 0 amide bonds. The molecule has 2 aromatic heterocycles. The third kappa shape index (κ3) is 5.36. The van der Waals surface area contributed by atoms with Gasteiger partial charge in [0.05, 0.1) is 5.69 Å². The molecule has 1 saturated carbocycles. The van der Waals surface area contributed by atoms with E-state index < -0.39 is 0 Å². The molecule has 1 fully saturated rings. The van der Waals surface area contributed by atoms with Gasteiger partial charge in [-0.3, -0.25) is 4.99 Å². The van der Waals surface area contributed by atoms with E-state index in [-0.39, 0.29) is 0 Å². The van der Waals surface area contributed by atoms with Crippen molar-refractivity contribution in [1.29, 1.82) is 0 Å². The predicted octanol–water partition coefficient (Wildman–Crippen LogP) is 3.53. The van der Waals surface area contributed by atoms with Crippen LogP contribution in [0.1, 0.15) is 74.8 Å². The van der Waals surface area contributed by atoms with Crippen molar-refractivity contribution in [2.24, 2.45) is 4.99 Å². The Labute approximate surface area is 183 Å². The Morgan fingerprint density at radius 3 is 2.67 bits per heavy atom. The number of hydrogen-bond donors (Lipinski definition) is 2. The zero-order valence-electron chi connectivity index (χ0n) is 18.7. The van der Waals surface area contributed by atoms with Crippen LogP contribution >= 0.6 is 11.8 Å². The van der Waals surface area contributed by atoms with Crippen molar-refractivity contribution >= 4 is 17.7 Å². The molecule has 0 saturated heterocycles. The summed E-state index contributed by atoms with van der Waals surface area (Å²) in [6, 6.07) is 0.573. The number of aromatic nitrogens is 4. The molecular weight excluding hydrogens is 398 g/mol. The number of nitrogens with zero attached hydrogens (tertiary/aromatic N) is 5. The molecule has 0 aromatic carbocycles. The smallest absolute Gasteiger partial charge is 0.191 e. The monoisotopic (exact) mass is 433 g/mol. The first-order chi connectivity index (χ1) is 14.7. The molecule has 0 spiro atoms. The molecular formula is C21H35N7OS. The minimum absolute atomic E-state index is 0.573. The van der Waals surface area contributed by atoms with Gasteiger partial charge in [0.2, 0.25) is 0 Å². The van der Waals surface area contributed by atoms with Crippen LogP contribution in [-0.2, 0) is 25.8 Å². The topological polar surface area (TPSA) is 93.2 Å². The maximum Gasteiger partial charge on any atom is 0.191 e. The van der Waals surface area contributed by atoms with Crippen molar-refractivity contribution in [2.45, 2.75) is 83.0 Å². The largest absolute Gasteiger partial charge is 0.361 e. The van der Waals surface area contributed by atoms with Gasteiger partial charge < -0.3 is 19.7 Å². The average molecular weight is 434 g/mol. The van der Waals surface area contributed by atoms with Gasteiger partial charge in [0.1, 0.15) is 11.6 Å². The fraction of sp³-hybridized carbons (Fsp3) is 0.714. The molecule has 1 aliphatic carbocycles. The van der Waals surface area contributed by atoms with E-state index in [1.165, 1.54) is 25.7 Å². The quantitative estimate of drug-likeness (QED) is 0.256. The van der Waals surface area contributed by atoms with E-state index in [0.29, 0.717) is 12.6 Å². The molecule has 0 aliphatic heterocycles. The second-order valence-corrected chi connectivity index (χ2v) is 8.38. The lowest BCUT2D eigenvalue weighted by atomic mass is 10.1. The minimum Gasteiger partial charge on any atom is -0.361 e. The molecule has 0 unspecified atom stereocenters. The van der Waals surface area contributed by atoms with E-state index in [9.17, 15) is 0 Å². The summed E-state index contributed by atoms with van der Waals surface area (Å²) in [5.74, 6) is 2.86. The van der Waals surface area contributed by atoms with Crippen molar-refractivity contribution in [3.8, 4) is 0 Å². The molecule has 3 rings (SSSR count). The van der Waals surface area contributed by atoms with Crippen molar-refractivity contribution in [3.63, 3.8) is 0 Å². The van der Waals surface area contributed by atoms with E-state index in [1.54, 1.807) is 18.8 Å². The van der Waals surface area contributed by atoms with Crippen LogP contribution in [0.15, 0.2) is 14.7 Å². The Kier molecular flexibility index (Phi) is 8.60. The Balaban J connectivity index is 1.49. The number of rotatable bonds is 10. The number of aryl methyl sites for hydroxylation is 3. The van der Waals surface area contributed by atoms with Crippen LogP contribution in [0.4, 0.5) is 0 Å². The summed E-state index contributed by atoms with van der Waals surface area (Å²) >= 11 is 1.69. The summed E-state index contributed by atoms with van der Waals surface area (Å²) in [6.45, 7) is 5.68. The lowest BCUT2D eigenvalue weighted by molar-refractivity contribution is 0.380. The van der Waals surface area contributed by atoms with Crippen molar-refractivity contribution in [2.75, 3.05) is 19.8 Å². The normalized spacial score (nSPS) is 15.1. The average Bonchev–Trinajstić information content (AvgIpc) is 3.51. The summed E-state index contributed by atoms with van der Waals surface area (Å²) in [4.78, 5) is 4.35. The summed E-state index contributed by atoms with van der Waals surface area (Å²) in [7, 11) is 1.80. The summed E-state index contributed by atoms with van der Waals surface area (Å²) < 4.78 is 7.83. The number of hydrogen-bond acceptors (Lipinski definition) is 6. The summed E-state index contributed by atoms with van der Waals surface area (Å²) in [6.07, 6.45) is 10.8. The standard InChI is InChI=1S/C21H35N7OS/c1-5-17-16(18(6-2)29-27-17)14-24-20(22-3)23-13-9-12-19-25-26-21(30-4)28(19)15-10-7-8-11-15/h15H,5-14H2,1-4H3,(H2,22,23,24). The highest BCUT2D eigenvalue weighted by molar-refractivity contribution is 7.98. The van der Waals surface area contributed by atoms with Crippen LogP contribution < -0.4 is 10.6 Å². The van der Waals surface area contributed by atoms with Crippen LogP contribution in [0.5, 0.6) is 0 Å². The Morgan fingerprint density at radius 2 is 2.00 bits per heavy atom. The Hall–Kier alpha value is -2.03. The molecule has 0 atom stereocenters. The highest BCUT2D eigenvalue weighted by Crippen LogP contribution is 2.33. The third-order valence-electron chi connectivity index (χ3n) is 5.74. The molecule has 2 N–H and O–H groups in total. The molecule has 8 nitrogen and oxygen atoms in total. The fourth-order valence-electron chi connectivity index (χ4n) is 4.13. The van der Waals surface area contributed by atoms with Crippen molar-refractivity contribution in [1.82, 2.24) is 30.6 Å². The molecule has 0 radical (unpaired) electrons. The molecule has 166 valence electrons. The van der Waals surface area contributed by atoms with Gasteiger partial charge in [0, 0.05) is 44.6 Å². The maximum atomic E-state index is 5.45. The van der Waals surface area contributed by atoms with E-state index in [2.05, 4.69) is 55.7 Å². The first-order valence-electron chi connectivity index (χ1n) is 11.1. The van der Waals surface area contributed by atoms with Crippen LogP contribution in [0.25, 0.3) is 0 Å². The molecule has 9 heteroatoms. The number of thioether (sulfide) groups is 1. The lowest BCUT2D eigenvalue weighted by Crippen LogP contribution is -2.37. The van der Waals surface area contributed by atoms with E-state index >= 15 is 0 Å². The van der Waals surface area contributed by atoms with Crippen molar-refractivity contribution < 1.29 is 4.52 Å². The molecule has 30 heavy (non-hydrogen) atoms. The minimum atomic E-state index is 0.573. The van der Waals surface area contributed by atoms with Gasteiger partial charge in [-0.05, 0) is 31.9 Å². The van der Waals surface area contributed by atoms with E-state index in [4.69, 9.17) is 4.52 Å². The number of aliphatic imine (C=N–C) groups is 1. The van der Waals surface area contributed by atoms with Gasteiger partial charge in [-0.25, -0.2) is 0 Å². The maximum absolute atomic E-state index is 5.45. The van der Waals surface area contributed by atoms with Gasteiger partial charge in [0.25, 0.3) is 0 Å². The zero-order chi connectivity index (χ0) is 21.3. The second-order valence-electron chi connectivity index (χ2n) is 7.61. The highest BCUT2D eigenvalue weighted by atomic mass is 32.2. The van der Waals surface area contributed by atoms with Gasteiger partial charge in [-0.15, -0.1) is 10.2 Å². The van der Waals surface area contributed by atoms with Gasteiger partial charge in [0.15, 0.2) is 11.1 Å². The van der Waals surface area contributed by atoms with Crippen LogP contribution in [0.3, 0.4) is 0 Å². The van der Waals surface area contributed by atoms with Gasteiger partial charge in [-0.1, -0.05) is 43.6 Å². The van der Waals surface area contributed by atoms with Crippen LogP contribution in [0.2, 0.25) is 0 Å². The molecule has 2 heterocycles. The highest BCUT2D eigenvalue weighted by Gasteiger charge is 2.23. The first-order valence-corrected chi connectivity index (χ1v) is 12.3. The van der Waals surface area contributed by atoms with E-state index in [1.807, 2.05) is 0 Å². The SMILES string of the molecule is CCc1noc(CC)c1CNC(=NC)NCCCc1nnc(SC)n1C1CCCC1. The second kappa shape index (κ2) is 11.4. The fourth-order valence-corrected chi connectivity index (χ4v) is 4.70. The van der Waals surface area contributed by atoms with Crippen LogP contribution in [-0.4, -0.2) is 45.7 Å². The van der Waals surface area contributed by atoms with E-state index in [0.717, 1.165) is 66.2 Å². The molecule has 1 aliphatic rings. The Bertz CT molecular complexity index is 802. The number of guanidine groups is 1. The predicted molar refractivity (Wildman–Crippen MR) is 121 cm³/mol. The Morgan fingerprint density at radius 1 is 1.20 bits per heavy atom. The first kappa shape index (κ1) is 22.7. The van der Waals surface area contributed by atoms with Gasteiger partial charge >= 0.3 is 0 Å². The number of nitrogens with one attached hydrogen (secondary N) is 2. The zero-order valence-corrected chi connectivity index (χ0v) is 19.5. The summed E-state index contributed by atoms with van der Waals surface area (Å²) in [5.41, 5.74) is 2.17. The molecule has 0 bridgehead atoms. The lowest BCUT2D eigenvalue weighted by Gasteiger charge is -2.16. The molecule has 2 aromatic rings. The van der Waals surface area contributed by atoms with Gasteiger partial charge in [-0.2, -0.15) is 0 Å². The summed E-state index contributed by atoms with van der Waals surface area (Å²) in [5, 5.41) is 20.9.